The lowest BCUT2D eigenvalue weighted by Crippen LogP contribution is -2.45. The van der Waals surface area contributed by atoms with E-state index in [2.05, 4.69) is 0 Å². The molecule has 2 aliphatic heterocycles. The first kappa shape index (κ1) is 17.1. The minimum absolute atomic E-state index is 0.117. The van der Waals surface area contributed by atoms with Gasteiger partial charge in [-0.05, 0) is 20.8 Å². The van der Waals surface area contributed by atoms with E-state index in [0.29, 0.717) is 6.61 Å². The van der Waals surface area contributed by atoms with Crippen LogP contribution >= 0.6 is 0 Å². The third-order valence-electron chi connectivity index (χ3n) is 3.59. The summed E-state index contributed by atoms with van der Waals surface area (Å²) < 4.78 is 21.5. The van der Waals surface area contributed by atoms with Crippen LogP contribution < -0.4 is 0 Å². The van der Waals surface area contributed by atoms with E-state index in [0.717, 1.165) is 0 Å². The van der Waals surface area contributed by atoms with Crippen molar-refractivity contribution in [2.45, 2.75) is 57.8 Å². The van der Waals surface area contributed by atoms with Gasteiger partial charge in [-0.25, -0.2) is 9.63 Å². The van der Waals surface area contributed by atoms with Crippen molar-refractivity contribution in [2.24, 2.45) is 0 Å². The summed E-state index contributed by atoms with van der Waals surface area (Å²) in [5.74, 6) is -3.80. The van der Waals surface area contributed by atoms with Crippen molar-refractivity contribution in [2.75, 3.05) is 20.3 Å². The summed E-state index contributed by atoms with van der Waals surface area (Å²) in [5.41, 5.74) is 0. The fourth-order valence-electron chi connectivity index (χ4n) is 2.71. The van der Waals surface area contributed by atoms with E-state index in [1.807, 2.05) is 13.8 Å². The maximum absolute atomic E-state index is 12.2. The second-order valence-electron chi connectivity index (χ2n) is 5.84. The Morgan fingerprint density at radius 3 is 2.55 bits per heavy atom. The van der Waals surface area contributed by atoms with Crippen LogP contribution in [0.5, 0.6) is 0 Å². The van der Waals surface area contributed by atoms with Crippen LogP contribution in [-0.2, 0) is 33.4 Å². The van der Waals surface area contributed by atoms with Gasteiger partial charge in [0.25, 0.3) is 0 Å². The zero-order chi connectivity index (χ0) is 16.5. The molecule has 2 aliphatic rings. The van der Waals surface area contributed by atoms with Crippen LogP contribution in [-0.4, -0.2) is 61.0 Å². The Labute approximate surface area is 129 Å². The normalized spacial score (nSPS) is 34.6. The topological polar surface area (TPSA) is 83.5 Å². The maximum atomic E-state index is 12.2. The summed E-state index contributed by atoms with van der Waals surface area (Å²) in [6, 6.07) is -0.300. The molecule has 8 heteroatoms. The summed E-state index contributed by atoms with van der Waals surface area (Å²) in [5, 5.41) is 1.47. The van der Waals surface area contributed by atoms with E-state index >= 15 is 0 Å². The molecule has 0 spiro atoms. The van der Waals surface area contributed by atoms with Gasteiger partial charge < -0.3 is 18.9 Å². The molecule has 0 radical (unpaired) electrons. The highest BCUT2D eigenvalue weighted by Gasteiger charge is 2.58. The molecule has 2 rings (SSSR count). The summed E-state index contributed by atoms with van der Waals surface area (Å²) in [6.45, 7) is 7.04. The molecule has 22 heavy (non-hydrogen) atoms. The molecule has 3 atom stereocenters. The number of carbonyl (C=O) groups is 2. The van der Waals surface area contributed by atoms with Crippen molar-refractivity contribution in [1.82, 2.24) is 5.06 Å². The minimum atomic E-state index is -1.77. The highest BCUT2D eigenvalue weighted by molar-refractivity contribution is 5.81. The molecule has 0 aliphatic carbocycles. The van der Waals surface area contributed by atoms with Crippen LogP contribution in [0.15, 0.2) is 0 Å². The predicted molar refractivity (Wildman–Crippen MR) is 73.3 cm³/mol. The number of hydrogen-bond acceptors (Lipinski definition) is 8. The van der Waals surface area contributed by atoms with Crippen LogP contribution in [0.4, 0.5) is 0 Å². The number of carbonyl (C=O) groups excluding carboxylic acids is 2. The number of esters is 2. The van der Waals surface area contributed by atoms with Crippen molar-refractivity contribution in [1.29, 1.82) is 0 Å². The van der Waals surface area contributed by atoms with E-state index in [1.165, 1.54) is 12.0 Å². The number of likely N-dealkylation sites (N-methyl/N-ethyl adjacent to an activating group) is 1. The molecule has 0 bridgehead atoms. The molecule has 2 fully saturated rings. The third-order valence-corrected chi connectivity index (χ3v) is 3.59. The molecule has 0 unspecified atom stereocenters. The summed E-state index contributed by atoms with van der Waals surface area (Å²) in [7, 11) is 1.66. The second-order valence-corrected chi connectivity index (χ2v) is 5.84. The number of hydroxylamine groups is 2. The van der Waals surface area contributed by atoms with Crippen LogP contribution in [0.1, 0.15) is 34.1 Å². The summed E-state index contributed by atoms with van der Waals surface area (Å²) in [6.07, 6.45) is -0.182. The van der Waals surface area contributed by atoms with Gasteiger partial charge in [-0.1, -0.05) is 0 Å². The third kappa shape index (κ3) is 3.40. The first-order chi connectivity index (χ1) is 10.2. The Kier molecular flexibility index (Phi) is 4.76. The van der Waals surface area contributed by atoms with Gasteiger partial charge in [0.2, 0.25) is 0 Å². The molecule has 0 saturated carbocycles. The first-order valence-corrected chi connectivity index (χ1v) is 7.29. The van der Waals surface area contributed by atoms with Gasteiger partial charge in [-0.2, -0.15) is 5.06 Å². The Balaban J connectivity index is 2.17. The number of hydrogen-bond donors (Lipinski definition) is 0. The fraction of sp³-hybridized carbons (Fsp3) is 0.857. The maximum Gasteiger partial charge on any atom is 0.381 e. The van der Waals surface area contributed by atoms with Crippen molar-refractivity contribution in [3.63, 3.8) is 0 Å². The lowest BCUT2D eigenvalue weighted by atomic mass is 10.0. The highest BCUT2D eigenvalue weighted by atomic mass is 16.8. The van der Waals surface area contributed by atoms with Crippen molar-refractivity contribution in [3.8, 4) is 0 Å². The average Bonchev–Trinajstić information content (AvgIpc) is 2.90. The second kappa shape index (κ2) is 6.11. The van der Waals surface area contributed by atoms with Crippen molar-refractivity contribution >= 4 is 11.9 Å². The predicted octanol–water partition coefficient (Wildman–Crippen LogP) is 0.596. The van der Waals surface area contributed by atoms with Gasteiger partial charge in [0.15, 0.2) is 5.79 Å². The minimum Gasteiger partial charge on any atom is -0.461 e. The molecule has 0 aromatic carbocycles. The number of ether oxygens (including phenoxy) is 4. The molecule has 8 nitrogen and oxygen atoms in total. The molecule has 2 heterocycles. The smallest absolute Gasteiger partial charge is 0.381 e. The average molecular weight is 317 g/mol. The summed E-state index contributed by atoms with van der Waals surface area (Å²) in [4.78, 5) is 29.1. The van der Waals surface area contributed by atoms with Gasteiger partial charge in [0.05, 0.1) is 19.3 Å². The molecule has 0 aromatic rings. The van der Waals surface area contributed by atoms with Crippen LogP contribution in [0.25, 0.3) is 0 Å². The zero-order valence-corrected chi connectivity index (χ0v) is 13.6. The quantitative estimate of drug-likeness (QED) is 0.697. The number of nitrogens with zero attached hydrogens (tertiary/aromatic N) is 1. The highest BCUT2D eigenvalue weighted by Crippen LogP contribution is 2.38. The van der Waals surface area contributed by atoms with E-state index in [9.17, 15) is 9.59 Å². The Morgan fingerprint density at radius 1 is 1.36 bits per heavy atom. The fourth-order valence-corrected chi connectivity index (χ4v) is 2.71. The standard InChI is InChI=1S/C14H23NO7/c1-6-18-12(17)14(20-9(2)16)7-10(15(5)22-14)11-8-19-13(3,4)21-11/h10-11H,6-8H2,1-5H3/t10-,11+,14+/m0/s1. The monoisotopic (exact) mass is 317 g/mol. The first-order valence-electron chi connectivity index (χ1n) is 7.29. The van der Waals surface area contributed by atoms with Gasteiger partial charge in [-0.3, -0.25) is 4.79 Å². The van der Waals surface area contributed by atoms with Gasteiger partial charge in [-0.15, -0.1) is 0 Å². The number of rotatable bonds is 4. The van der Waals surface area contributed by atoms with Gasteiger partial charge >= 0.3 is 17.7 Å². The lowest BCUT2D eigenvalue weighted by Gasteiger charge is -2.24. The van der Waals surface area contributed by atoms with Crippen molar-refractivity contribution in [3.05, 3.63) is 0 Å². The summed E-state index contributed by atoms with van der Waals surface area (Å²) >= 11 is 0. The molecule has 126 valence electrons. The molecule has 0 aromatic heterocycles. The van der Waals surface area contributed by atoms with Crippen molar-refractivity contribution < 1.29 is 33.4 Å². The SMILES string of the molecule is CCOC(=O)[C@@]1(OC(C)=O)C[C@@H]([C@H]2COC(C)(C)O2)N(C)O1. The molecule has 2 saturated heterocycles. The van der Waals surface area contributed by atoms with E-state index in [-0.39, 0.29) is 25.2 Å². The molecule has 0 amide bonds. The van der Waals surface area contributed by atoms with Crippen LogP contribution in [0.2, 0.25) is 0 Å². The van der Waals surface area contributed by atoms with Crippen LogP contribution in [0, 0.1) is 0 Å². The van der Waals surface area contributed by atoms with E-state index in [4.69, 9.17) is 23.8 Å². The van der Waals surface area contributed by atoms with Gasteiger partial charge in [0.1, 0.15) is 6.10 Å². The molecule has 0 N–H and O–H groups in total. The van der Waals surface area contributed by atoms with E-state index < -0.39 is 23.5 Å². The Morgan fingerprint density at radius 2 is 2.05 bits per heavy atom. The van der Waals surface area contributed by atoms with E-state index in [1.54, 1.807) is 14.0 Å². The molecular formula is C14H23NO7. The van der Waals surface area contributed by atoms with Crippen LogP contribution in [0.3, 0.4) is 0 Å². The lowest BCUT2D eigenvalue weighted by molar-refractivity contribution is -0.286. The molecular weight excluding hydrogens is 294 g/mol. The largest absolute Gasteiger partial charge is 0.461 e. The Bertz CT molecular complexity index is 452. The Hall–Kier alpha value is -1.22. The zero-order valence-electron chi connectivity index (χ0n) is 13.6. The van der Waals surface area contributed by atoms with Gasteiger partial charge in [0, 0.05) is 20.4 Å².